The molecule has 3 rings (SSSR count). The number of anilines is 1. The van der Waals surface area contributed by atoms with E-state index in [0.29, 0.717) is 5.92 Å². The molecule has 7 heteroatoms. The van der Waals surface area contributed by atoms with Crippen LogP contribution < -0.4 is 10.6 Å². The molecule has 19 heavy (non-hydrogen) atoms. The zero-order chi connectivity index (χ0) is 13.2. The number of aromatic nitrogens is 3. The van der Waals surface area contributed by atoms with E-state index in [1.165, 1.54) is 6.42 Å². The van der Waals surface area contributed by atoms with Gasteiger partial charge >= 0.3 is 0 Å². The van der Waals surface area contributed by atoms with Crippen LogP contribution in [0.25, 0.3) is 10.7 Å². The fourth-order valence-electron chi connectivity index (χ4n) is 2.38. The van der Waals surface area contributed by atoms with Gasteiger partial charge in [-0.1, -0.05) is 16.5 Å². The number of nitrogens with two attached hydrogens (primary N) is 1. The summed E-state index contributed by atoms with van der Waals surface area (Å²) >= 11 is 1.55. The van der Waals surface area contributed by atoms with E-state index in [1.807, 2.05) is 0 Å². The smallest absolute Gasteiger partial charge is 0.208 e. The molecule has 0 bridgehead atoms. The van der Waals surface area contributed by atoms with Crippen molar-refractivity contribution in [2.75, 3.05) is 18.0 Å². The Balaban J connectivity index is 1.75. The van der Waals surface area contributed by atoms with Gasteiger partial charge in [-0.25, -0.2) is 0 Å². The van der Waals surface area contributed by atoms with Crippen LogP contribution in [0.15, 0.2) is 16.9 Å². The molecule has 2 aromatic rings. The molecule has 0 spiro atoms. The van der Waals surface area contributed by atoms with Crippen LogP contribution in [-0.2, 0) is 0 Å². The third-order valence-corrected chi connectivity index (χ3v) is 4.55. The SMILES string of the molecule is CC(N)C1CCCN(c2nnc(-c3ccon3)s2)C1. The van der Waals surface area contributed by atoms with Gasteiger partial charge in [0.15, 0.2) is 5.01 Å². The van der Waals surface area contributed by atoms with Crippen molar-refractivity contribution in [2.45, 2.75) is 25.8 Å². The van der Waals surface area contributed by atoms with Gasteiger partial charge in [0.2, 0.25) is 5.13 Å². The maximum absolute atomic E-state index is 6.01. The molecule has 1 fully saturated rings. The van der Waals surface area contributed by atoms with Crippen LogP contribution in [0.4, 0.5) is 5.13 Å². The third-order valence-electron chi connectivity index (χ3n) is 3.54. The lowest BCUT2D eigenvalue weighted by Crippen LogP contribution is -2.42. The summed E-state index contributed by atoms with van der Waals surface area (Å²) in [4.78, 5) is 2.28. The summed E-state index contributed by atoms with van der Waals surface area (Å²) in [5, 5.41) is 14.1. The van der Waals surface area contributed by atoms with Gasteiger partial charge in [-0.2, -0.15) is 0 Å². The van der Waals surface area contributed by atoms with Crippen molar-refractivity contribution >= 4 is 16.5 Å². The van der Waals surface area contributed by atoms with E-state index in [1.54, 1.807) is 23.7 Å². The highest BCUT2D eigenvalue weighted by atomic mass is 32.1. The summed E-state index contributed by atoms with van der Waals surface area (Å²) in [6.45, 7) is 4.07. The van der Waals surface area contributed by atoms with Crippen molar-refractivity contribution in [1.82, 2.24) is 15.4 Å². The Morgan fingerprint density at radius 1 is 1.53 bits per heavy atom. The topological polar surface area (TPSA) is 81.1 Å². The first-order chi connectivity index (χ1) is 9.24. The molecule has 2 atom stereocenters. The van der Waals surface area contributed by atoms with Crippen LogP contribution >= 0.6 is 11.3 Å². The monoisotopic (exact) mass is 279 g/mol. The molecular weight excluding hydrogens is 262 g/mol. The van der Waals surface area contributed by atoms with Gasteiger partial charge in [-0.15, -0.1) is 10.2 Å². The predicted octanol–water partition coefficient (Wildman–Crippen LogP) is 1.76. The van der Waals surface area contributed by atoms with E-state index in [9.17, 15) is 0 Å². The Morgan fingerprint density at radius 2 is 2.42 bits per heavy atom. The van der Waals surface area contributed by atoms with Gasteiger partial charge in [0, 0.05) is 25.2 Å². The lowest BCUT2D eigenvalue weighted by Gasteiger charge is -2.34. The maximum atomic E-state index is 6.01. The highest BCUT2D eigenvalue weighted by molar-refractivity contribution is 7.18. The number of hydrogen-bond acceptors (Lipinski definition) is 7. The van der Waals surface area contributed by atoms with Gasteiger partial charge in [0.05, 0.1) is 0 Å². The van der Waals surface area contributed by atoms with Crippen LogP contribution in [0, 0.1) is 5.92 Å². The highest BCUT2D eigenvalue weighted by Gasteiger charge is 2.25. The third kappa shape index (κ3) is 2.62. The molecule has 3 heterocycles. The Hall–Kier alpha value is -1.47. The summed E-state index contributed by atoms with van der Waals surface area (Å²) in [5.74, 6) is 0.535. The lowest BCUT2D eigenvalue weighted by molar-refractivity contribution is 0.364. The Labute approximate surface area is 115 Å². The van der Waals surface area contributed by atoms with Crippen LogP contribution in [-0.4, -0.2) is 34.5 Å². The molecule has 102 valence electrons. The highest BCUT2D eigenvalue weighted by Crippen LogP contribution is 2.30. The van der Waals surface area contributed by atoms with E-state index in [2.05, 4.69) is 27.2 Å². The minimum atomic E-state index is 0.228. The number of rotatable bonds is 3. The fourth-order valence-corrected chi connectivity index (χ4v) is 3.22. The van der Waals surface area contributed by atoms with Crippen LogP contribution in [0.3, 0.4) is 0 Å². The molecule has 0 saturated carbocycles. The number of nitrogens with zero attached hydrogens (tertiary/aromatic N) is 4. The second-order valence-corrected chi connectivity index (χ2v) is 5.94. The summed E-state index contributed by atoms with van der Waals surface area (Å²) in [5.41, 5.74) is 6.75. The molecule has 0 radical (unpaired) electrons. The number of hydrogen-bond donors (Lipinski definition) is 1. The normalized spacial score (nSPS) is 21.6. The van der Waals surface area contributed by atoms with Crippen molar-refractivity contribution in [3.63, 3.8) is 0 Å². The summed E-state index contributed by atoms with van der Waals surface area (Å²) < 4.78 is 4.83. The zero-order valence-corrected chi connectivity index (χ0v) is 11.6. The van der Waals surface area contributed by atoms with E-state index < -0.39 is 0 Å². The average Bonchev–Trinajstić information content (AvgIpc) is 3.09. The van der Waals surface area contributed by atoms with Gasteiger partial charge in [0.1, 0.15) is 12.0 Å². The van der Waals surface area contributed by atoms with Crippen LogP contribution in [0.5, 0.6) is 0 Å². The fraction of sp³-hybridized carbons (Fsp3) is 0.583. The van der Waals surface area contributed by atoms with Crippen LogP contribution in [0.2, 0.25) is 0 Å². The second kappa shape index (κ2) is 5.26. The minimum absolute atomic E-state index is 0.228. The maximum Gasteiger partial charge on any atom is 0.208 e. The summed E-state index contributed by atoms with van der Waals surface area (Å²) in [6.07, 6.45) is 3.90. The van der Waals surface area contributed by atoms with Crippen molar-refractivity contribution in [2.24, 2.45) is 11.7 Å². The zero-order valence-electron chi connectivity index (χ0n) is 10.8. The Morgan fingerprint density at radius 3 is 3.16 bits per heavy atom. The van der Waals surface area contributed by atoms with Crippen molar-refractivity contribution in [1.29, 1.82) is 0 Å². The molecule has 1 aliphatic rings. The van der Waals surface area contributed by atoms with E-state index >= 15 is 0 Å². The van der Waals surface area contributed by atoms with Gasteiger partial charge < -0.3 is 15.2 Å². The summed E-state index contributed by atoms with van der Waals surface area (Å²) in [6, 6.07) is 2.02. The average molecular weight is 279 g/mol. The number of piperidine rings is 1. The van der Waals surface area contributed by atoms with Gasteiger partial charge in [-0.3, -0.25) is 0 Å². The minimum Gasteiger partial charge on any atom is -0.364 e. The molecule has 1 aliphatic heterocycles. The Kier molecular flexibility index (Phi) is 3.48. The lowest BCUT2D eigenvalue weighted by atomic mass is 9.92. The molecular formula is C12H17N5OS. The molecule has 2 N–H and O–H groups in total. The quantitative estimate of drug-likeness (QED) is 0.922. The molecule has 0 amide bonds. The first-order valence-electron chi connectivity index (χ1n) is 6.49. The largest absolute Gasteiger partial charge is 0.364 e. The van der Waals surface area contributed by atoms with Gasteiger partial charge in [0.25, 0.3) is 0 Å². The molecule has 2 unspecified atom stereocenters. The first-order valence-corrected chi connectivity index (χ1v) is 7.30. The van der Waals surface area contributed by atoms with E-state index in [4.69, 9.17) is 10.3 Å². The van der Waals surface area contributed by atoms with E-state index in [0.717, 1.165) is 35.3 Å². The summed E-state index contributed by atoms with van der Waals surface area (Å²) in [7, 11) is 0. The van der Waals surface area contributed by atoms with E-state index in [-0.39, 0.29) is 6.04 Å². The standard InChI is InChI=1S/C12H17N5OS/c1-8(13)9-3-2-5-17(7-9)12-15-14-11(19-12)10-4-6-18-16-10/h4,6,8-9H,2-3,5,7,13H2,1H3. The molecule has 6 nitrogen and oxygen atoms in total. The molecule has 2 aromatic heterocycles. The van der Waals surface area contributed by atoms with Crippen molar-refractivity contribution in [3.8, 4) is 10.7 Å². The Bertz CT molecular complexity index is 524. The second-order valence-electron chi connectivity index (χ2n) is 4.98. The van der Waals surface area contributed by atoms with Crippen LogP contribution in [0.1, 0.15) is 19.8 Å². The first kappa shape index (κ1) is 12.6. The predicted molar refractivity (Wildman–Crippen MR) is 74.0 cm³/mol. The molecule has 0 aromatic carbocycles. The molecule has 0 aliphatic carbocycles. The van der Waals surface area contributed by atoms with Crippen molar-refractivity contribution < 1.29 is 4.52 Å². The molecule has 1 saturated heterocycles. The van der Waals surface area contributed by atoms with Gasteiger partial charge in [-0.05, 0) is 25.7 Å². The van der Waals surface area contributed by atoms with Crippen molar-refractivity contribution in [3.05, 3.63) is 12.3 Å².